The smallest absolute Gasteiger partial charge is 0.145 e. The fourth-order valence-electron chi connectivity index (χ4n) is 1.32. The minimum absolute atomic E-state index is 0.130. The molecule has 7 heteroatoms. The van der Waals surface area contributed by atoms with Crippen LogP contribution >= 0.6 is 23.2 Å². The van der Waals surface area contributed by atoms with Gasteiger partial charge in [0.2, 0.25) is 0 Å². The molecular weight excluding hydrogens is 263 g/mol. The summed E-state index contributed by atoms with van der Waals surface area (Å²) in [5, 5.41) is 22.6. The van der Waals surface area contributed by atoms with E-state index in [-0.39, 0.29) is 27.2 Å². The molecule has 0 saturated carbocycles. The van der Waals surface area contributed by atoms with Gasteiger partial charge < -0.3 is 10.8 Å². The SMILES string of the molecule is N#Cc1cnn(-c2cc(O)c(Cl)cc2Cl)c1N. The van der Waals surface area contributed by atoms with Crippen LogP contribution in [0.25, 0.3) is 5.69 Å². The number of phenolic OH excluding ortho intramolecular Hbond substituents is 1. The summed E-state index contributed by atoms with van der Waals surface area (Å²) in [5.74, 6) is 0.00981. The summed E-state index contributed by atoms with van der Waals surface area (Å²) in [6, 6.07) is 4.60. The topological polar surface area (TPSA) is 87.9 Å². The second-order valence-electron chi connectivity index (χ2n) is 3.22. The predicted octanol–water partition coefficient (Wildman–Crippen LogP) is 2.34. The van der Waals surface area contributed by atoms with Crippen molar-refractivity contribution >= 4 is 29.0 Å². The molecule has 0 radical (unpaired) electrons. The Bertz CT molecular complexity index is 630. The molecule has 5 nitrogen and oxygen atoms in total. The van der Waals surface area contributed by atoms with Crippen molar-refractivity contribution in [3.8, 4) is 17.5 Å². The molecule has 1 aromatic carbocycles. The van der Waals surface area contributed by atoms with E-state index in [2.05, 4.69) is 5.10 Å². The second kappa shape index (κ2) is 4.17. The molecule has 1 heterocycles. The number of halogens is 2. The lowest BCUT2D eigenvalue weighted by molar-refractivity contribution is 0.475. The Morgan fingerprint density at radius 2 is 2.06 bits per heavy atom. The van der Waals surface area contributed by atoms with Crippen molar-refractivity contribution in [2.45, 2.75) is 0 Å². The van der Waals surface area contributed by atoms with Gasteiger partial charge >= 0.3 is 0 Å². The molecule has 0 fully saturated rings. The van der Waals surface area contributed by atoms with Crippen LogP contribution in [0.5, 0.6) is 5.75 Å². The maximum absolute atomic E-state index is 9.50. The Morgan fingerprint density at radius 1 is 1.35 bits per heavy atom. The number of nitrogens with zero attached hydrogens (tertiary/aromatic N) is 3. The summed E-state index contributed by atoms with van der Waals surface area (Å²) in [5.41, 5.74) is 6.29. The third-order valence-corrected chi connectivity index (χ3v) is 2.78. The van der Waals surface area contributed by atoms with Gasteiger partial charge in [-0.25, -0.2) is 4.68 Å². The van der Waals surface area contributed by atoms with Crippen LogP contribution in [0.1, 0.15) is 5.56 Å². The highest BCUT2D eigenvalue weighted by Gasteiger charge is 2.13. The van der Waals surface area contributed by atoms with Crippen LogP contribution in [0.4, 0.5) is 5.82 Å². The van der Waals surface area contributed by atoms with Gasteiger partial charge in [0.25, 0.3) is 0 Å². The number of rotatable bonds is 1. The summed E-state index contributed by atoms with van der Waals surface area (Å²) in [6.07, 6.45) is 1.32. The average Bonchev–Trinajstić information content (AvgIpc) is 2.65. The molecule has 86 valence electrons. The first kappa shape index (κ1) is 11.6. The molecule has 0 unspecified atom stereocenters. The van der Waals surface area contributed by atoms with Gasteiger partial charge in [-0.05, 0) is 6.07 Å². The highest BCUT2D eigenvalue weighted by atomic mass is 35.5. The summed E-state index contributed by atoms with van der Waals surface area (Å²) >= 11 is 11.7. The van der Waals surface area contributed by atoms with E-state index in [9.17, 15) is 5.11 Å². The molecule has 1 aromatic heterocycles. The molecule has 0 aliphatic heterocycles. The summed E-state index contributed by atoms with van der Waals surface area (Å²) in [7, 11) is 0. The maximum atomic E-state index is 9.50. The van der Waals surface area contributed by atoms with Crippen molar-refractivity contribution < 1.29 is 5.11 Å². The Balaban J connectivity index is 2.65. The van der Waals surface area contributed by atoms with Gasteiger partial charge in [-0.1, -0.05) is 23.2 Å². The van der Waals surface area contributed by atoms with E-state index in [0.717, 1.165) is 0 Å². The number of benzene rings is 1. The number of nitriles is 1. The van der Waals surface area contributed by atoms with Crippen molar-refractivity contribution in [1.82, 2.24) is 9.78 Å². The van der Waals surface area contributed by atoms with Crippen LogP contribution in [0.15, 0.2) is 18.3 Å². The van der Waals surface area contributed by atoms with Gasteiger partial charge in [0.15, 0.2) is 0 Å². The zero-order chi connectivity index (χ0) is 12.6. The number of anilines is 1. The number of hydrogen-bond acceptors (Lipinski definition) is 4. The molecule has 17 heavy (non-hydrogen) atoms. The third-order valence-electron chi connectivity index (χ3n) is 2.17. The molecule has 0 spiro atoms. The molecule has 2 aromatic rings. The maximum Gasteiger partial charge on any atom is 0.145 e. The van der Waals surface area contributed by atoms with E-state index in [0.29, 0.717) is 5.69 Å². The highest BCUT2D eigenvalue weighted by Crippen LogP contribution is 2.33. The first-order valence-corrected chi connectivity index (χ1v) is 5.22. The number of phenols is 1. The second-order valence-corrected chi connectivity index (χ2v) is 4.04. The number of nitrogen functional groups attached to an aromatic ring is 1. The van der Waals surface area contributed by atoms with Crippen LogP contribution in [0.2, 0.25) is 10.0 Å². The first-order chi connectivity index (χ1) is 8.04. The van der Waals surface area contributed by atoms with E-state index >= 15 is 0 Å². The van der Waals surface area contributed by atoms with Crippen molar-refractivity contribution in [2.75, 3.05) is 5.73 Å². The number of aromatic hydroxyl groups is 1. The Kier molecular flexibility index (Phi) is 2.84. The Labute approximate surface area is 107 Å². The average molecular weight is 269 g/mol. The van der Waals surface area contributed by atoms with Crippen molar-refractivity contribution in [3.63, 3.8) is 0 Å². The lowest BCUT2D eigenvalue weighted by atomic mass is 10.3. The van der Waals surface area contributed by atoms with Crippen LogP contribution in [-0.2, 0) is 0 Å². The summed E-state index contributed by atoms with van der Waals surface area (Å²) in [6.45, 7) is 0. The molecule has 0 amide bonds. The molecule has 2 rings (SSSR count). The lowest BCUT2D eigenvalue weighted by Gasteiger charge is -2.08. The van der Waals surface area contributed by atoms with Crippen LogP contribution in [0.3, 0.4) is 0 Å². The lowest BCUT2D eigenvalue weighted by Crippen LogP contribution is -2.03. The highest BCUT2D eigenvalue weighted by molar-refractivity contribution is 6.36. The van der Waals surface area contributed by atoms with Gasteiger partial charge in [-0.3, -0.25) is 0 Å². The number of hydrogen-bond donors (Lipinski definition) is 2. The minimum Gasteiger partial charge on any atom is -0.506 e. The van der Waals surface area contributed by atoms with E-state index in [1.165, 1.54) is 23.0 Å². The quantitative estimate of drug-likeness (QED) is 0.831. The molecule has 0 bridgehead atoms. The summed E-state index contributed by atoms with van der Waals surface area (Å²) in [4.78, 5) is 0. The predicted molar refractivity (Wildman–Crippen MR) is 64.4 cm³/mol. The Hall–Kier alpha value is -1.90. The molecule has 3 N–H and O–H groups in total. The van der Waals surface area contributed by atoms with E-state index < -0.39 is 0 Å². The third kappa shape index (κ3) is 1.88. The van der Waals surface area contributed by atoms with Gasteiger partial charge in [0.1, 0.15) is 23.2 Å². The van der Waals surface area contributed by atoms with Crippen LogP contribution < -0.4 is 5.73 Å². The zero-order valence-electron chi connectivity index (χ0n) is 8.35. The minimum atomic E-state index is -0.139. The summed E-state index contributed by atoms with van der Waals surface area (Å²) < 4.78 is 1.26. The van der Waals surface area contributed by atoms with Gasteiger partial charge in [-0.2, -0.15) is 10.4 Å². The first-order valence-electron chi connectivity index (χ1n) is 4.46. The van der Waals surface area contributed by atoms with Crippen molar-refractivity contribution in [3.05, 3.63) is 33.9 Å². The fraction of sp³-hybridized carbons (Fsp3) is 0. The van der Waals surface area contributed by atoms with Gasteiger partial charge in [0, 0.05) is 6.07 Å². The Morgan fingerprint density at radius 3 is 2.65 bits per heavy atom. The number of aromatic nitrogens is 2. The molecular formula is C10H6Cl2N4O. The standard InChI is InChI=1S/C10H6Cl2N4O/c11-6-1-7(12)9(17)2-8(6)16-10(14)5(3-13)4-15-16/h1-2,4,17H,14H2. The fourth-order valence-corrected chi connectivity index (χ4v) is 1.79. The zero-order valence-corrected chi connectivity index (χ0v) is 9.87. The van der Waals surface area contributed by atoms with E-state index in [1.807, 2.05) is 6.07 Å². The van der Waals surface area contributed by atoms with Crippen molar-refractivity contribution in [1.29, 1.82) is 5.26 Å². The van der Waals surface area contributed by atoms with Gasteiger partial charge in [-0.15, -0.1) is 0 Å². The number of nitrogens with two attached hydrogens (primary N) is 1. The normalized spacial score (nSPS) is 10.2. The van der Waals surface area contributed by atoms with E-state index in [4.69, 9.17) is 34.2 Å². The van der Waals surface area contributed by atoms with E-state index in [1.54, 1.807) is 0 Å². The van der Waals surface area contributed by atoms with Crippen LogP contribution in [0, 0.1) is 11.3 Å². The van der Waals surface area contributed by atoms with Gasteiger partial charge in [0.05, 0.1) is 21.9 Å². The molecule has 0 atom stereocenters. The van der Waals surface area contributed by atoms with Crippen molar-refractivity contribution in [2.24, 2.45) is 0 Å². The molecule has 0 aliphatic carbocycles. The molecule has 0 saturated heterocycles. The molecule has 0 aliphatic rings. The van der Waals surface area contributed by atoms with Crippen LogP contribution in [-0.4, -0.2) is 14.9 Å². The largest absolute Gasteiger partial charge is 0.506 e. The monoisotopic (exact) mass is 268 g/mol.